The molecule has 0 aliphatic carbocycles. The third-order valence-corrected chi connectivity index (χ3v) is 2.40. The van der Waals surface area contributed by atoms with Crippen LogP contribution in [0, 0.1) is 6.92 Å². The number of aromatic nitrogens is 2. The fourth-order valence-corrected chi connectivity index (χ4v) is 1.56. The average molecular weight is 262 g/mol. The lowest BCUT2D eigenvalue weighted by atomic mass is 10.2. The van der Waals surface area contributed by atoms with Gasteiger partial charge in [0, 0.05) is 6.42 Å². The predicted molar refractivity (Wildman–Crippen MR) is 66.0 cm³/mol. The Labute approximate surface area is 110 Å². The molecule has 6 heteroatoms. The first-order valence-electron chi connectivity index (χ1n) is 5.86. The fraction of sp³-hybridized carbons (Fsp3) is 0.308. The van der Waals surface area contributed by atoms with E-state index in [0.29, 0.717) is 18.9 Å². The van der Waals surface area contributed by atoms with Crippen LogP contribution in [-0.4, -0.2) is 27.8 Å². The van der Waals surface area contributed by atoms with Crippen LogP contribution in [0.1, 0.15) is 17.3 Å². The highest BCUT2D eigenvalue weighted by Gasteiger charge is 2.09. The Kier molecular flexibility index (Phi) is 4.12. The molecular formula is C13H14N2O4. The van der Waals surface area contributed by atoms with Gasteiger partial charge in [-0.3, -0.25) is 4.79 Å². The number of aryl methyl sites for hydroxylation is 1. The molecule has 2 aromatic rings. The monoisotopic (exact) mass is 262 g/mol. The lowest BCUT2D eigenvalue weighted by Gasteiger charge is -2.04. The topological polar surface area (TPSA) is 85.5 Å². The van der Waals surface area contributed by atoms with Crippen molar-refractivity contribution in [1.82, 2.24) is 10.1 Å². The van der Waals surface area contributed by atoms with E-state index in [1.165, 1.54) is 0 Å². The molecule has 0 fully saturated rings. The maximum Gasteiger partial charge on any atom is 0.312 e. The van der Waals surface area contributed by atoms with Gasteiger partial charge in [0.1, 0.15) is 12.2 Å². The van der Waals surface area contributed by atoms with E-state index >= 15 is 0 Å². The first kappa shape index (κ1) is 13.1. The Balaban J connectivity index is 1.82. The fourth-order valence-electron chi connectivity index (χ4n) is 1.56. The standard InChI is InChI=1S/C13H14N2O4/c1-9-3-2-4-10(7-9)18-6-5-11-14-12(19-15-11)8-13(16)17/h2-4,7H,5-6,8H2,1H3,(H,16,17). The number of hydrogen-bond acceptors (Lipinski definition) is 5. The van der Waals surface area contributed by atoms with E-state index in [2.05, 4.69) is 10.1 Å². The molecule has 0 bridgehead atoms. The van der Waals surface area contributed by atoms with E-state index in [9.17, 15) is 4.79 Å². The number of carboxylic acid groups (broad SMARTS) is 1. The number of aliphatic carboxylic acids is 1. The molecule has 19 heavy (non-hydrogen) atoms. The molecule has 0 saturated carbocycles. The zero-order chi connectivity index (χ0) is 13.7. The second kappa shape index (κ2) is 5.99. The molecule has 1 N–H and O–H groups in total. The molecule has 1 heterocycles. The van der Waals surface area contributed by atoms with Crippen molar-refractivity contribution < 1.29 is 19.2 Å². The lowest BCUT2D eigenvalue weighted by Crippen LogP contribution is -2.04. The molecule has 0 radical (unpaired) electrons. The minimum Gasteiger partial charge on any atom is -0.493 e. The van der Waals surface area contributed by atoms with Gasteiger partial charge in [-0.25, -0.2) is 0 Å². The first-order valence-corrected chi connectivity index (χ1v) is 5.86. The van der Waals surface area contributed by atoms with Gasteiger partial charge in [0.15, 0.2) is 5.82 Å². The number of benzene rings is 1. The average Bonchev–Trinajstić information content (AvgIpc) is 2.76. The van der Waals surface area contributed by atoms with E-state index in [4.69, 9.17) is 14.4 Å². The van der Waals surface area contributed by atoms with Crippen molar-refractivity contribution in [2.45, 2.75) is 19.8 Å². The van der Waals surface area contributed by atoms with Gasteiger partial charge in [-0.05, 0) is 24.6 Å². The zero-order valence-electron chi connectivity index (χ0n) is 10.5. The van der Waals surface area contributed by atoms with Gasteiger partial charge in [0.2, 0.25) is 5.89 Å². The number of carboxylic acids is 1. The molecule has 100 valence electrons. The van der Waals surface area contributed by atoms with E-state index < -0.39 is 5.97 Å². The van der Waals surface area contributed by atoms with E-state index in [1.807, 2.05) is 31.2 Å². The van der Waals surface area contributed by atoms with Gasteiger partial charge in [-0.1, -0.05) is 17.3 Å². The van der Waals surface area contributed by atoms with Crippen LogP contribution < -0.4 is 4.74 Å². The highest BCUT2D eigenvalue weighted by Crippen LogP contribution is 2.12. The van der Waals surface area contributed by atoms with Gasteiger partial charge >= 0.3 is 5.97 Å². The van der Waals surface area contributed by atoms with Crippen LogP contribution in [0.15, 0.2) is 28.8 Å². The van der Waals surface area contributed by atoms with E-state index in [1.54, 1.807) is 0 Å². The van der Waals surface area contributed by atoms with E-state index in [0.717, 1.165) is 11.3 Å². The van der Waals surface area contributed by atoms with Crippen molar-refractivity contribution in [3.63, 3.8) is 0 Å². The quantitative estimate of drug-likeness (QED) is 0.851. The molecule has 0 aliphatic heterocycles. The Morgan fingerprint density at radius 3 is 3.05 bits per heavy atom. The maximum absolute atomic E-state index is 10.5. The summed E-state index contributed by atoms with van der Waals surface area (Å²) in [5, 5.41) is 12.3. The van der Waals surface area contributed by atoms with E-state index in [-0.39, 0.29) is 12.3 Å². The van der Waals surface area contributed by atoms with Gasteiger partial charge in [0.25, 0.3) is 0 Å². The van der Waals surface area contributed by atoms with Crippen LogP contribution in [0.4, 0.5) is 0 Å². The second-order valence-electron chi connectivity index (χ2n) is 4.09. The summed E-state index contributed by atoms with van der Waals surface area (Å²) in [6, 6.07) is 7.72. The SMILES string of the molecule is Cc1cccc(OCCc2noc(CC(=O)O)n2)c1. The third-order valence-electron chi connectivity index (χ3n) is 2.40. The molecule has 2 rings (SSSR count). The summed E-state index contributed by atoms with van der Waals surface area (Å²) in [5.41, 5.74) is 1.13. The smallest absolute Gasteiger partial charge is 0.312 e. The second-order valence-corrected chi connectivity index (χ2v) is 4.09. The number of nitrogens with zero attached hydrogens (tertiary/aromatic N) is 2. The van der Waals surface area contributed by atoms with Crippen molar-refractivity contribution in [3.8, 4) is 5.75 Å². The summed E-state index contributed by atoms with van der Waals surface area (Å²) >= 11 is 0. The highest BCUT2D eigenvalue weighted by atomic mass is 16.5. The molecule has 0 aliphatic rings. The Morgan fingerprint density at radius 1 is 1.47 bits per heavy atom. The molecule has 0 amide bonds. The lowest BCUT2D eigenvalue weighted by molar-refractivity contribution is -0.136. The molecule has 0 spiro atoms. The third kappa shape index (κ3) is 4.09. The highest BCUT2D eigenvalue weighted by molar-refractivity contribution is 5.68. The first-order chi connectivity index (χ1) is 9.13. The summed E-state index contributed by atoms with van der Waals surface area (Å²) < 4.78 is 10.3. The molecule has 0 atom stereocenters. The summed E-state index contributed by atoms with van der Waals surface area (Å²) in [5.74, 6) is 0.349. The Bertz CT molecular complexity index is 565. The van der Waals surface area contributed by atoms with Gasteiger partial charge < -0.3 is 14.4 Å². The zero-order valence-corrected chi connectivity index (χ0v) is 10.5. The van der Waals surface area contributed by atoms with Gasteiger partial charge in [-0.2, -0.15) is 4.98 Å². The number of hydrogen-bond donors (Lipinski definition) is 1. The Hall–Kier alpha value is -2.37. The Morgan fingerprint density at radius 2 is 2.32 bits per heavy atom. The van der Waals surface area contributed by atoms with Crippen LogP contribution in [0.25, 0.3) is 0 Å². The molecule has 1 aromatic carbocycles. The van der Waals surface area contributed by atoms with Crippen LogP contribution in [0.3, 0.4) is 0 Å². The van der Waals surface area contributed by atoms with Crippen molar-refractivity contribution in [2.24, 2.45) is 0 Å². The summed E-state index contributed by atoms with van der Waals surface area (Å²) in [6.45, 7) is 2.40. The van der Waals surface area contributed by atoms with Crippen molar-refractivity contribution >= 4 is 5.97 Å². The van der Waals surface area contributed by atoms with Crippen LogP contribution in [-0.2, 0) is 17.6 Å². The number of rotatable bonds is 6. The van der Waals surface area contributed by atoms with Crippen LogP contribution in [0.5, 0.6) is 5.75 Å². The summed E-state index contributed by atoms with van der Waals surface area (Å²) in [6.07, 6.45) is 0.211. The van der Waals surface area contributed by atoms with Crippen LogP contribution >= 0.6 is 0 Å². The predicted octanol–water partition coefficient (Wildman–Crippen LogP) is 1.63. The molecule has 1 aromatic heterocycles. The van der Waals surface area contributed by atoms with Crippen molar-refractivity contribution in [3.05, 3.63) is 41.5 Å². The van der Waals surface area contributed by atoms with Gasteiger partial charge in [-0.15, -0.1) is 0 Å². The minimum atomic E-state index is -0.994. The molecule has 0 saturated heterocycles. The number of carbonyl (C=O) groups is 1. The summed E-state index contributed by atoms with van der Waals surface area (Å²) in [7, 11) is 0. The maximum atomic E-state index is 10.5. The molecule has 0 unspecified atom stereocenters. The van der Waals surface area contributed by atoms with Crippen molar-refractivity contribution in [1.29, 1.82) is 0 Å². The van der Waals surface area contributed by atoms with Gasteiger partial charge in [0.05, 0.1) is 6.61 Å². The largest absolute Gasteiger partial charge is 0.493 e. The molecule has 6 nitrogen and oxygen atoms in total. The summed E-state index contributed by atoms with van der Waals surface area (Å²) in [4.78, 5) is 14.4. The normalized spacial score (nSPS) is 10.4. The molecular weight excluding hydrogens is 248 g/mol. The minimum absolute atomic E-state index is 0.109. The van der Waals surface area contributed by atoms with Crippen molar-refractivity contribution in [2.75, 3.05) is 6.61 Å². The number of ether oxygens (including phenoxy) is 1. The van der Waals surface area contributed by atoms with Crippen LogP contribution in [0.2, 0.25) is 0 Å².